The highest BCUT2D eigenvalue weighted by Crippen LogP contribution is 2.24. The van der Waals surface area contributed by atoms with Crippen molar-refractivity contribution in [3.8, 4) is 17.1 Å². The Morgan fingerprint density at radius 1 is 1.07 bits per heavy atom. The summed E-state index contributed by atoms with van der Waals surface area (Å²) >= 11 is 7.30. The van der Waals surface area contributed by atoms with Crippen molar-refractivity contribution in [3.63, 3.8) is 0 Å². The molecule has 0 spiro atoms. The van der Waals surface area contributed by atoms with Crippen molar-refractivity contribution in [1.82, 2.24) is 20.3 Å². The Balaban J connectivity index is 1.32. The zero-order valence-corrected chi connectivity index (χ0v) is 16.4. The van der Waals surface area contributed by atoms with Crippen molar-refractivity contribution in [2.24, 2.45) is 0 Å². The Morgan fingerprint density at radius 3 is 2.82 bits per heavy atom. The van der Waals surface area contributed by atoms with Crippen molar-refractivity contribution in [2.75, 3.05) is 0 Å². The lowest BCUT2D eigenvalue weighted by atomic mass is 10.2. The molecule has 0 saturated carbocycles. The van der Waals surface area contributed by atoms with Crippen LogP contribution in [0.1, 0.15) is 17.3 Å². The molecule has 0 fully saturated rings. The molecule has 2 aromatic heterocycles. The highest BCUT2D eigenvalue weighted by molar-refractivity contribution is 7.98. The molecule has 0 bridgehead atoms. The van der Waals surface area contributed by atoms with Crippen LogP contribution < -0.4 is 4.74 Å². The smallest absolute Gasteiger partial charge is 0.277 e. The first kappa shape index (κ1) is 18.5. The molecule has 0 aliphatic heterocycles. The molecule has 4 aromatic rings. The minimum atomic E-state index is 0.205. The van der Waals surface area contributed by atoms with Gasteiger partial charge in [0, 0.05) is 10.6 Å². The predicted octanol–water partition coefficient (Wildman–Crippen LogP) is 4.95. The van der Waals surface area contributed by atoms with E-state index in [1.54, 1.807) is 12.1 Å². The van der Waals surface area contributed by atoms with Crippen LogP contribution in [0, 0.1) is 6.92 Å². The summed E-state index contributed by atoms with van der Waals surface area (Å²) in [6.45, 7) is 2.21. The summed E-state index contributed by atoms with van der Waals surface area (Å²) in [6, 6.07) is 15.0. The minimum absolute atomic E-state index is 0.205. The summed E-state index contributed by atoms with van der Waals surface area (Å²) in [4.78, 5) is 4.36. The Bertz CT molecular complexity index is 1080. The second-order valence-electron chi connectivity index (χ2n) is 5.88. The zero-order valence-electron chi connectivity index (χ0n) is 14.8. The van der Waals surface area contributed by atoms with E-state index in [1.807, 2.05) is 43.3 Å². The second kappa shape index (κ2) is 8.45. The third-order valence-electron chi connectivity index (χ3n) is 3.67. The SMILES string of the molecule is Cc1cccc(OCc2nnc(SCc3nc(-c4cccc(Cl)c4)no3)o2)c1. The summed E-state index contributed by atoms with van der Waals surface area (Å²) in [7, 11) is 0. The van der Waals surface area contributed by atoms with Gasteiger partial charge in [-0.2, -0.15) is 4.98 Å². The van der Waals surface area contributed by atoms with E-state index in [9.17, 15) is 0 Å². The van der Waals surface area contributed by atoms with E-state index >= 15 is 0 Å². The van der Waals surface area contributed by atoms with E-state index in [0.29, 0.717) is 33.6 Å². The summed E-state index contributed by atoms with van der Waals surface area (Å²) in [6.07, 6.45) is 0. The lowest BCUT2D eigenvalue weighted by Crippen LogP contribution is -1.95. The van der Waals surface area contributed by atoms with Gasteiger partial charge in [-0.25, -0.2) is 0 Å². The number of hydrogen-bond donors (Lipinski definition) is 0. The van der Waals surface area contributed by atoms with Gasteiger partial charge >= 0.3 is 0 Å². The van der Waals surface area contributed by atoms with Crippen molar-refractivity contribution < 1.29 is 13.7 Å². The maximum atomic E-state index is 5.99. The summed E-state index contributed by atoms with van der Waals surface area (Å²) in [5, 5.41) is 13.0. The van der Waals surface area contributed by atoms with Crippen molar-refractivity contribution in [2.45, 2.75) is 24.5 Å². The molecule has 9 heteroatoms. The number of aryl methyl sites for hydroxylation is 1. The zero-order chi connectivity index (χ0) is 19.3. The lowest BCUT2D eigenvalue weighted by Gasteiger charge is -2.03. The van der Waals surface area contributed by atoms with Gasteiger partial charge in [0.05, 0.1) is 5.75 Å². The fourth-order valence-corrected chi connectivity index (χ4v) is 3.20. The van der Waals surface area contributed by atoms with Crippen LogP contribution in [0.3, 0.4) is 0 Å². The standard InChI is InChI=1S/C19H15ClN4O3S/c1-12-4-2-7-15(8-12)25-10-16-22-23-19(26-16)28-11-17-21-18(24-27-17)13-5-3-6-14(20)9-13/h2-9H,10-11H2,1H3. The van der Waals surface area contributed by atoms with Crippen LogP contribution in [0.2, 0.25) is 5.02 Å². The monoisotopic (exact) mass is 414 g/mol. The lowest BCUT2D eigenvalue weighted by molar-refractivity contribution is 0.252. The van der Waals surface area contributed by atoms with Crippen molar-refractivity contribution >= 4 is 23.4 Å². The fraction of sp³-hybridized carbons (Fsp3) is 0.158. The fourth-order valence-electron chi connectivity index (χ4n) is 2.39. The van der Waals surface area contributed by atoms with Gasteiger partial charge < -0.3 is 13.7 Å². The minimum Gasteiger partial charge on any atom is -0.484 e. The van der Waals surface area contributed by atoms with Gasteiger partial charge in [-0.15, -0.1) is 10.2 Å². The Labute approximate surface area is 170 Å². The molecule has 0 amide bonds. The maximum Gasteiger partial charge on any atom is 0.277 e. The van der Waals surface area contributed by atoms with E-state index in [0.717, 1.165) is 16.9 Å². The molecule has 0 saturated heterocycles. The third-order valence-corrected chi connectivity index (χ3v) is 4.71. The molecule has 0 aliphatic carbocycles. The van der Waals surface area contributed by atoms with Crippen LogP contribution >= 0.6 is 23.4 Å². The van der Waals surface area contributed by atoms with E-state index < -0.39 is 0 Å². The van der Waals surface area contributed by atoms with Crippen LogP contribution in [-0.4, -0.2) is 20.3 Å². The van der Waals surface area contributed by atoms with Crippen molar-refractivity contribution in [3.05, 3.63) is 70.9 Å². The van der Waals surface area contributed by atoms with Crippen LogP contribution in [0.15, 0.2) is 62.7 Å². The Hall–Kier alpha value is -2.84. The molecule has 7 nitrogen and oxygen atoms in total. The van der Waals surface area contributed by atoms with E-state index in [1.165, 1.54) is 11.8 Å². The second-order valence-corrected chi connectivity index (χ2v) is 7.24. The number of halogens is 1. The molecule has 142 valence electrons. The van der Waals surface area contributed by atoms with Gasteiger partial charge in [-0.05, 0) is 36.8 Å². The topological polar surface area (TPSA) is 87.1 Å². The van der Waals surface area contributed by atoms with Gasteiger partial charge in [0.2, 0.25) is 11.7 Å². The molecule has 4 rings (SSSR count). The van der Waals surface area contributed by atoms with Gasteiger partial charge in [0.15, 0.2) is 6.61 Å². The van der Waals surface area contributed by atoms with E-state index in [-0.39, 0.29) is 6.61 Å². The van der Waals surface area contributed by atoms with Crippen molar-refractivity contribution in [1.29, 1.82) is 0 Å². The summed E-state index contributed by atoms with van der Waals surface area (Å²) in [5.41, 5.74) is 1.91. The average molecular weight is 415 g/mol. The number of ether oxygens (including phenoxy) is 1. The Kier molecular flexibility index (Phi) is 5.59. The third kappa shape index (κ3) is 4.71. The van der Waals surface area contributed by atoms with Gasteiger partial charge in [0.25, 0.3) is 11.1 Å². The van der Waals surface area contributed by atoms with Crippen LogP contribution in [0.4, 0.5) is 0 Å². The molecule has 0 atom stereocenters. The molecule has 0 aliphatic rings. The predicted molar refractivity (Wildman–Crippen MR) is 104 cm³/mol. The van der Waals surface area contributed by atoms with Crippen LogP contribution in [0.5, 0.6) is 5.75 Å². The average Bonchev–Trinajstić information content (AvgIpc) is 3.34. The number of hydrogen-bond acceptors (Lipinski definition) is 8. The quantitative estimate of drug-likeness (QED) is 0.392. The highest BCUT2D eigenvalue weighted by Gasteiger charge is 2.13. The molecule has 28 heavy (non-hydrogen) atoms. The van der Waals surface area contributed by atoms with Gasteiger partial charge in [0.1, 0.15) is 5.75 Å². The van der Waals surface area contributed by atoms with Crippen LogP contribution in [-0.2, 0) is 12.4 Å². The highest BCUT2D eigenvalue weighted by atomic mass is 35.5. The van der Waals surface area contributed by atoms with Crippen LogP contribution in [0.25, 0.3) is 11.4 Å². The number of aromatic nitrogens is 4. The first-order valence-electron chi connectivity index (χ1n) is 8.39. The summed E-state index contributed by atoms with van der Waals surface area (Å²) < 4.78 is 16.5. The Morgan fingerprint density at radius 2 is 1.96 bits per heavy atom. The molecular weight excluding hydrogens is 400 g/mol. The van der Waals surface area contributed by atoms with E-state index in [2.05, 4.69) is 20.3 Å². The molecule has 2 heterocycles. The number of rotatable bonds is 7. The molecule has 0 radical (unpaired) electrons. The number of nitrogens with zero attached hydrogens (tertiary/aromatic N) is 4. The molecule has 0 N–H and O–H groups in total. The largest absolute Gasteiger partial charge is 0.484 e. The summed E-state index contributed by atoms with van der Waals surface area (Å²) in [5.74, 6) is 2.50. The van der Waals surface area contributed by atoms with Gasteiger partial charge in [-0.1, -0.05) is 52.8 Å². The van der Waals surface area contributed by atoms with E-state index in [4.69, 9.17) is 25.3 Å². The first-order chi connectivity index (χ1) is 13.7. The molecular formula is C19H15ClN4O3S. The maximum absolute atomic E-state index is 5.99. The molecule has 2 aromatic carbocycles. The number of thioether (sulfide) groups is 1. The number of benzene rings is 2. The van der Waals surface area contributed by atoms with Gasteiger partial charge in [-0.3, -0.25) is 0 Å². The normalized spacial score (nSPS) is 10.9. The molecule has 0 unspecified atom stereocenters. The first-order valence-corrected chi connectivity index (χ1v) is 9.75.